The Bertz CT molecular complexity index is 1050. The quantitative estimate of drug-likeness (QED) is 0.577. The molecule has 0 aromatic heterocycles. The van der Waals surface area contributed by atoms with Crippen LogP contribution in [0.1, 0.15) is 0 Å². The molecular weight excluding hydrogens is 414 g/mol. The summed E-state index contributed by atoms with van der Waals surface area (Å²) < 4.78 is 24.3. The number of hydrogen-bond acceptors (Lipinski definition) is 4. The molecule has 122 valence electrons. The van der Waals surface area contributed by atoms with E-state index < -0.39 is 10.0 Å². The number of halogens is 2. The Kier molecular flexibility index (Phi) is 4.69. The molecule has 0 unspecified atom stereocenters. The zero-order chi connectivity index (χ0) is 17.3. The summed E-state index contributed by atoms with van der Waals surface area (Å²) in [5.41, 5.74) is 1.16. The van der Waals surface area contributed by atoms with Crippen LogP contribution in [0.25, 0.3) is 10.8 Å². The number of sulfonamides is 1. The molecule has 24 heavy (non-hydrogen) atoms. The number of azo groups is 1. The van der Waals surface area contributed by atoms with E-state index in [1.54, 1.807) is 48.5 Å². The molecule has 0 atom stereocenters. The summed E-state index contributed by atoms with van der Waals surface area (Å²) in [7, 11) is -3.84. The van der Waals surface area contributed by atoms with Crippen molar-refractivity contribution < 1.29 is 8.42 Å². The Balaban J connectivity index is 2.17. The van der Waals surface area contributed by atoms with Gasteiger partial charge in [-0.3, -0.25) is 0 Å². The van der Waals surface area contributed by atoms with Gasteiger partial charge in [-0.1, -0.05) is 39.7 Å². The Labute approximate surface area is 152 Å². The Morgan fingerprint density at radius 1 is 0.958 bits per heavy atom. The first kappa shape index (κ1) is 17.0. The van der Waals surface area contributed by atoms with E-state index in [1.807, 2.05) is 0 Å². The molecular formula is C16H11BrClN3O2S. The van der Waals surface area contributed by atoms with Crippen molar-refractivity contribution in [2.75, 3.05) is 0 Å². The molecule has 3 rings (SSSR count). The lowest BCUT2D eigenvalue weighted by Gasteiger charge is -2.08. The van der Waals surface area contributed by atoms with E-state index in [0.717, 1.165) is 0 Å². The first-order valence-electron chi connectivity index (χ1n) is 6.77. The van der Waals surface area contributed by atoms with E-state index in [9.17, 15) is 8.42 Å². The second kappa shape index (κ2) is 6.60. The maximum atomic E-state index is 11.8. The van der Waals surface area contributed by atoms with Crippen molar-refractivity contribution in [1.82, 2.24) is 0 Å². The highest BCUT2D eigenvalue weighted by molar-refractivity contribution is 9.10. The van der Waals surface area contributed by atoms with Crippen molar-refractivity contribution in [1.29, 1.82) is 0 Å². The van der Waals surface area contributed by atoms with Crippen LogP contribution in [0.2, 0.25) is 5.02 Å². The van der Waals surface area contributed by atoms with E-state index in [1.165, 1.54) is 6.07 Å². The minimum Gasteiger partial charge on any atom is -0.225 e. The number of rotatable bonds is 3. The van der Waals surface area contributed by atoms with Gasteiger partial charge >= 0.3 is 0 Å². The second-order valence-corrected chi connectivity index (χ2v) is 7.79. The average Bonchev–Trinajstić information content (AvgIpc) is 2.53. The molecule has 5 nitrogen and oxygen atoms in total. The highest BCUT2D eigenvalue weighted by atomic mass is 79.9. The normalized spacial score (nSPS) is 12.1. The third-order valence-corrected chi connectivity index (χ3v) is 5.22. The summed E-state index contributed by atoms with van der Waals surface area (Å²) in [5, 5.41) is 15.4. The summed E-state index contributed by atoms with van der Waals surface area (Å²) in [6.45, 7) is 0. The van der Waals surface area contributed by atoms with Gasteiger partial charge in [-0.15, -0.1) is 5.11 Å². The minimum absolute atomic E-state index is 0.0456. The minimum atomic E-state index is -3.84. The highest BCUT2D eigenvalue weighted by Crippen LogP contribution is 2.36. The standard InChI is InChI=1S/C16H11BrClN3O2S/c17-13-8-9-15(24(19,22)23)12-2-1-3-14(16(12)13)21-20-11-6-4-10(18)5-7-11/h1-9H,(H2,19,22,23). The van der Waals surface area contributed by atoms with Gasteiger partial charge in [0, 0.05) is 20.3 Å². The maximum Gasteiger partial charge on any atom is 0.238 e. The molecule has 0 radical (unpaired) electrons. The second-order valence-electron chi connectivity index (χ2n) is 4.97. The zero-order valence-electron chi connectivity index (χ0n) is 12.1. The smallest absolute Gasteiger partial charge is 0.225 e. The molecule has 0 amide bonds. The van der Waals surface area contributed by atoms with Crippen LogP contribution >= 0.6 is 27.5 Å². The molecule has 0 aliphatic heterocycles. The zero-order valence-corrected chi connectivity index (χ0v) is 15.3. The van der Waals surface area contributed by atoms with Gasteiger partial charge in [-0.2, -0.15) is 5.11 Å². The summed E-state index contributed by atoms with van der Waals surface area (Å²) in [6.07, 6.45) is 0. The van der Waals surface area contributed by atoms with Crippen LogP contribution in [0.4, 0.5) is 11.4 Å². The molecule has 0 fully saturated rings. The summed E-state index contributed by atoms with van der Waals surface area (Å²) in [4.78, 5) is 0.0456. The Morgan fingerprint density at radius 3 is 2.33 bits per heavy atom. The predicted molar refractivity (Wildman–Crippen MR) is 98.6 cm³/mol. The fourth-order valence-corrected chi connectivity index (χ4v) is 3.68. The van der Waals surface area contributed by atoms with Gasteiger partial charge in [-0.05, 0) is 42.5 Å². The summed E-state index contributed by atoms with van der Waals surface area (Å²) >= 11 is 9.27. The Hall–Kier alpha value is -1.80. The molecule has 0 aliphatic carbocycles. The van der Waals surface area contributed by atoms with E-state index in [-0.39, 0.29) is 4.90 Å². The summed E-state index contributed by atoms with van der Waals surface area (Å²) in [5.74, 6) is 0. The molecule has 8 heteroatoms. The number of benzene rings is 3. The highest BCUT2D eigenvalue weighted by Gasteiger charge is 2.15. The van der Waals surface area contributed by atoms with Crippen LogP contribution in [0.5, 0.6) is 0 Å². The van der Waals surface area contributed by atoms with E-state index in [0.29, 0.717) is 31.6 Å². The molecule has 0 saturated carbocycles. The van der Waals surface area contributed by atoms with Gasteiger partial charge in [0.2, 0.25) is 10.0 Å². The van der Waals surface area contributed by atoms with Crippen molar-refractivity contribution in [2.24, 2.45) is 15.4 Å². The third-order valence-electron chi connectivity index (χ3n) is 3.33. The number of nitrogens with zero attached hydrogens (tertiary/aromatic N) is 2. The largest absolute Gasteiger partial charge is 0.238 e. The monoisotopic (exact) mass is 423 g/mol. The Morgan fingerprint density at radius 2 is 1.67 bits per heavy atom. The van der Waals surface area contributed by atoms with Crippen molar-refractivity contribution >= 4 is 59.7 Å². The third kappa shape index (κ3) is 3.49. The van der Waals surface area contributed by atoms with Crippen molar-refractivity contribution in [3.05, 3.63) is 64.1 Å². The van der Waals surface area contributed by atoms with Gasteiger partial charge in [0.25, 0.3) is 0 Å². The number of primary sulfonamides is 1. The van der Waals surface area contributed by atoms with Crippen LogP contribution in [-0.4, -0.2) is 8.42 Å². The van der Waals surface area contributed by atoms with Crippen molar-refractivity contribution in [3.8, 4) is 0 Å². The lowest BCUT2D eigenvalue weighted by molar-refractivity contribution is 0.598. The van der Waals surface area contributed by atoms with Gasteiger partial charge in [0.1, 0.15) is 0 Å². The molecule has 0 aliphatic rings. The lowest BCUT2D eigenvalue weighted by atomic mass is 10.1. The van der Waals surface area contributed by atoms with E-state index >= 15 is 0 Å². The van der Waals surface area contributed by atoms with Crippen LogP contribution in [0.15, 0.2) is 74.2 Å². The molecule has 2 N–H and O–H groups in total. The van der Waals surface area contributed by atoms with Crippen molar-refractivity contribution in [3.63, 3.8) is 0 Å². The van der Waals surface area contributed by atoms with Gasteiger partial charge in [0.15, 0.2) is 0 Å². The van der Waals surface area contributed by atoms with Gasteiger partial charge < -0.3 is 0 Å². The summed E-state index contributed by atoms with van der Waals surface area (Å²) in [6, 6.07) is 15.1. The van der Waals surface area contributed by atoms with E-state index in [4.69, 9.17) is 16.7 Å². The molecule has 3 aromatic carbocycles. The lowest BCUT2D eigenvalue weighted by Crippen LogP contribution is -2.12. The van der Waals surface area contributed by atoms with Crippen LogP contribution in [0.3, 0.4) is 0 Å². The molecule has 0 heterocycles. The number of fused-ring (bicyclic) bond motifs is 1. The van der Waals surface area contributed by atoms with Crippen molar-refractivity contribution in [2.45, 2.75) is 4.90 Å². The van der Waals surface area contributed by atoms with Gasteiger partial charge in [-0.25, -0.2) is 13.6 Å². The maximum absolute atomic E-state index is 11.8. The fourth-order valence-electron chi connectivity index (χ4n) is 2.27. The first-order chi connectivity index (χ1) is 11.4. The van der Waals surface area contributed by atoms with Crippen LogP contribution in [-0.2, 0) is 10.0 Å². The van der Waals surface area contributed by atoms with Gasteiger partial charge in [0.05, 0.1) is 16.3 Å². The predicted octanol–water partition coefficient (Wildman–Crippen LogP) is 5.32. The first-order valence-corrected chi connectivity index (χ1v) is 9.49. The average molecular weight is 425 g/mol. The number of hydrogen-bond donors (Lipinski definition) is 1. The fraction of sp³-hybridized carbons (Fsp3) is 0. The molecule has 3 aromatic rings. The molecule has 0 saturated heterocycles. The molecule has 0 spiro atoms. The number of nitrogens with two attached hydrogens (primary N) is 1. The molecule has 0 bridgehead atoms. The van der Waals surface area contributed by atoms with E-state index in [2.05, 4.69) is 26.2 Å². The SMILES string of the molecule is NS(=O)(=O)c1ccc(Br)c2c(N=Nc3ccc(Cl)cc3)cccc12. The van der Waals surface area contributed by atoms with Crippen LogP contribution in [0, 0.1) is 0 Å². The topological polar surface area (TPSA) is 84.9 Å². The van der Waals surface area contributed by atoms with Crippen LogP contribution < -0.4 is 5.14 Å².